The lowest BCUT2D eigenvalue weighted by atomic mass is 10.2. The molecule has 0 aliphatic carbocycles. The molecule has 0 bridgehead atoms. The van der Waals surface area contributed by atoms with Crippen LogP contribution in [0.3, 0.4) is 0 Å². The average molecular weight is 401 g/mol. The van der Waals surface area contributed by atoms with E-state index < -0.39 is 0 Å². The second kappa shape index (κ2) is 9.80. The lowest BCUT2D eigenvalue weighted by Gasteiger charge is -2.33. The van der Waals surface area contributed by atoms with Crippen LogP contribution in [0.5, 0.6) is 5.75 Å². The highest BCUT2D eigenvalue weighted by atomic mass is 35.5. The van der Waals surface area contributed by atoms with Gasteiger partial charge in [-0.25, -0.2) is 0 Å². The van der Waals surface area contributed by atoms with Crippen molar-refractivity contribution < 1.29 is 5.11 Å². The van der Waals surface area contributed by atoms with Crippen molar-refractivity contribution in [3.63, 3.8) is 0 Å². The van der Waals surface area contributed by atoms with Crippen molar-refractivity contribution in [3.05, 3.63) is 58.6 Å². The van der Waals surface area contributed by atoms with E-state index in [1.807, 2.05) is 36.4 Å². The molecule has 0 aromatic heterocycles. The summed E-state index contributed by atoms with van der Waals surface area (Å²) < 4.78 is 0. The second-order valence-corrected chi connectivity index (χ2v) is 7.39. The third-order valence-corrected chi connectivity index (χ3v) is 5.57. The van der Waals surface area contributed by atoms with Crippen LogP contribution < -0.4 is 4.90 Å². The van der Waals surface area contributed by atoms with Crippen LogP contribution in [0.15, 0.2) is 47.6 Å². The molecule has 0 saturated carbocycles. The summed E-state index contributed by atoms with van der Waals surface area (Å²) in [5, 5.41) is 17.8. The van der Waals surface area contributed by atoms with E-state index in [-0.39, 0.29) is 5.75 Å². The molecule has 2 aromatic carbocycles. The molecule has 150 valence electrons. The van der Waals surface area contributed by atoms with Crippen LogP contribution in [0.2, 0.25) is 5.02 Å². The smallest absolute Gasteiger partial charge is 0.126 e. The van der Waals surface area contributed by atoms with Gasteiger partial charge in [-0.3, -0.25) is 9.91 Å². The van der Waals surface area contributed by atoms with Crippen molar-refractivity contribution in [2.75, 3.05) is 44.2 Å². The molecule has 28 heavy (non-hydrogen) atoms. The first-order valence-corrected chi connectivity index (χ1v) is 10.3. The van der Waals surface area contributed by atoms with Gasteiger partial charge in [-0.05, 0) is 37.6 Å². The highest BCUT2D eigenvalue weighted by Gasteiger charge is 2.16. The maximum Gasteiger partial charge on any atom is 0.126 e. The molecule has 6 heteroatoms. The van der Waals surface area contributed by atoms with E-state index in [1.54, 1.807) is 6.21 Å². The van der Waals surface area contributed by atoms with Crippen LogP contribution in [0.4, 0.5) is 5.69 Å². The zero-order valence-electron chi connectivity index (χ0n) is 16.7. The molecule has 0 unspecified atom stereocenters. The van der Waals surface area contributed by atoms with Gasteiger partial charge in [0.1, 0.15) is 5.75 Å². The number of hydrogen-bond donors (Lipinski definition) is 1. The van der Waals surface area contributed by atoms with Crippen LogP contribution in [-0.4, -0.2) is 60.5 Å². The fourth-order valence-electron chi connectivity index (χ4n) is 3.45. The number of benzene rings is 2. The summed E-state index contributed by atoms with van der Waals surface area (Å²) in [6.45, 7) is 10.5. The van der Waals surface area contributed by atoms with Gasteiger partial charge in [0, 0.05) is 68.2 Å². The van der Waals surface area contributed by atoms with Gasteiger partial charge >= 0.3 is 0 Å². The minimum Gasteiger partial charge on any atom is -0.507 e. The summed E-state index contributed by atoms with van der Waals surface area (Å²) in [7, 11) is 0. The highest BCUT2D eigenvalue weighted by molar-refractivity contribution is 6.31. The Hall–Kier alpha value is -2.24. The highest BCUT2D eigenvalue weighted by Crippen LogP contribution is 2.24. The predicted molar refractivity (Wildman–Crippen MR) is 118 cm³/mol. The molecule has 3 rings (SSSR count). The molecule has 1 fully saturated rings. The van der Waals surface area contributed by atoms with Crippen molar-refractivity contribution >= 4 is 23.5 Å². The Bertz CT molecular complexity index is 799. The van der Waals surface area contributed by atoms with Gasteiger partial charge in [-0.2, -0.15) is 5.10 Å². The van der Waals surface area contributed by atoms with Gasteiger partial charge in [-0.15, -0.1) is 0 Å². The van der Waals surface area contributed by atoms with Gasteiger partial charge in [0.2, 0.25) is 0 Å². The van der Waals surface area contributed by atoms with Crippen LogP contribution in [0, 0.1) is 0 Å². The Morgan fingerprint density at radius 2 is 1.79 bits per heavy atom. The Balaban J connectivity index is 1.54. The molecule has 1 N–H and O–H groups in total. The quantitative estimate of drug-likeness (QED) is 0.712. The van der Waals surface area contributed by atoms with Gasteiger partial charge < -0.3 is 10.0 Å². The number of hydrazone groups is 1. The molecule has 0 spiro atoms. The van der Waals surface area contributed by atoms with Crippen molar-refractivity contribution in [3.8, 4) is 5.75 Å². The number of phenolic OH excluding ortho intramolecular Hbond substituents is 1. The monoisotopic (exact) mass is 400 g/mol. The number of hydrogen-bond acceptors (Lipinski definition) is 5. The first-order valence-electron chi connectivity index (χ1n) is 9.93. The summed E-state index contributed by atoms with van der Waals surface area (Å²) in [4.78, 5) is 4.60. The number of aromatic hydroxyl groups is 1. The fraction of sp³-hybridized carbons (Fsp3) is 0.409. The molecule has 1 aliphatic rings. The molecule has 1 heterocycles. The van der Waals surface area contributed by atoms with E-state index in [1.165, 1.54) is 5.56 Å². The van der Waals surface area contributed by atoms with Gasteiger partial charge in [0.25, 0.3) is 0 Å². The summed E-state index contributed by atoms with van der Waals surface area (Å²) in [6, 6.07) is 13.8. The number of halogens is 1. The van der Waals surface area contributed by atoms with Crippen LogP contribution in [0.25, 0.3) is 0 Å². The molecular weight excluding hydrogens is 372 g/mol. The summed E-state index contributed by atoms with van der Waals surface area (Å²) in [5.41, 5.74) is 2.95. The van der Waals surface area contributed by atoms with Gasteiger partial charge in [-0.1, -0.05) is 29.8 Å². The van der Waals surface area contributed by atoms with Crippen molar-refractivity contribution in [1.29, 1.82) is 0 Å². The molecule has 0 amide bonds. The molecule has 5 nitrogen and oxygen atoms in total. The molecule has 2 aromatic rings. The molecule has 1 aliphatic heterocycles. The van der Waals surface area contributed by atoms with Gasteiger partial charge in [0.15, 0.2) is 0 Å². The zero-order chi connectivity index (χ0) is 19.9. The molecule has 0 atom stereocenters. The van der Waals surface area contributed by atoms with Crippen molar-refractivity contribution in [2.24, 2.45) is 5.10 Å². The van der Waals surface area contributed by atoms with Crippen molar-refractivity contribution in [2.45, 2.75) is 20.4 Å². The molecule has 0 radical (unpaired) electrons. The lowest BCUT2D eigenvalue weighted by molar-refractivity contribution is 0.131. The third kappa shape index (κ3) is 5.18. The van der Waals surface area contributed by atoms with E-state index in [0.29, 0.717) is 0 Å². The maximum atomic E-state index is 10.3. The van der Waals surface area contributed by atoms with Gasteiger partial charge in [0.05, 0.1) is 6.21 Å². The zero-order valence-corrected chi connectivity index (χ0v) is 17.4. The number of anilines is 1. The first-order chi connectivity index (χ1) is 13.6. The number of rotatable bonds is 7. The average Bonchev–Trinajstić information content (AvgIpc) is 2.71. The Morgan fingerprint density at radius 3 is 2.43 bits per heavy atom. The standard InChI is InChI=1S/C22H29ClN4O/c1-3-26(4-2)20-10-9-18(22(28)15-20)16-24-27-13-11-25(12-14-27)17-19-7-5-6-8-21(19)23/h5-10,15-16,28H,3-4,11-14,17H2,1-2H3. The molecule has 1 saturated heterocycles. The number of piperazine rings is 1. The Labute approximate surface area is 172 Å². The van der Waals surface area contributed by atoms with Crippen LogP contribution >= 0.6 is 11.6 Å². The largest absolute Gasteiger partial charge is 0.507 e. The van der Waals surface area contributed by atoms with Crippen LogP contribution in [0.1, 0.15) is 25.0 Å². The first kappa shape index (κ1) is 20.5. The molecular formula is C22H29ClN4O. The maximum absolute atomic E-state index is 10.3. The minimum atomic E-state index is 0.269. The van der Waals surface area contributed by atoms with E-state index in [2.05, 4.69) is 39.8 Å². The number of phenols is 1. The minimum absolute atomic E-state index is 0.269. The van der Waals surface area contributed by atoms with E-state index >= 15 is 0 Å². The van der Waals surface area contributed by atoms with E-state index in [0.717, 1.165) is 62.1 Å². The SMILES string of the molecule is CCN(CC)c1ccc(C=NN2CCN(Cc3ccccc3Cl)CC2)c(O)c1. The fourth-order valence-corrected chi connectivity index (χ4v) is 3.64. The summed E-state index contributed by atoms with van der Waals surface area (Å²) in [5.74, 6) is 0.269. The topological polar surface area (TPSA) is 42.3 Å². The summed E-state index contributed by atoms with van der Waals surface area (Å²) >= 11 is 6.27. The van der Waals surface area contributed by atoms with Crippen molar-refractivity contribution in [1.82, 2.24) is 9.91 Å². The Kier molecular flexibility index (Phi) is 7.18. The second-order valence-electron chi connectivity index (χ2n) is 6.98. The normalized spacial score (nSPS) is 15.3. The summed E-state index contributed by atoms with van der Waals surface area (Å²) in [6.07, 6.45) is 1.76. The van der Waals surface area contributed by atoms with Crippen LogP contribution in [-0.2, 0) is 6.54 Å². The third-order valence-electron chi connectivity index (χ3n) is 5.20. The lowest BCUT2D eigenvalue weighted by Crippen LogP contribution is -2.43. The van der Waals surface area contributed by atoms with E-state index in [4.69, 9.17) is 11.6 Å². The van der Waals surface area contributed by atoms with E-state index in [9.17, 15) is 5.11 Å². The number of nitrogens with zero attached hydrogens (tertiary/aromatic N) is 4. The predicted octanol–water partition coefficient (Wildman–Crippen LogP) is 4.04. The Morgan fingerprint density at radius 1 is 1.07 bits per heavy atom.